The summed E-state index contributed by atoms with van der Waals surface area (Å²) in [7, 11) is 0. The molecule has 0 spiro atoms. The molecule has 31 aromatic rings. The van der Waals surface area contributed by atoms with Gasteiger partial charge in [-0.05, 0) is 226 Å². The quantitative estimate of drug-likeness (QED) is 0.158. The Balaban J connectivity index is 0.0000000976. The maximum absolute atomic E-state index is 5.42. The summed E-state index contributed by atoms with van der Waals surface area (Å²) in [5, 5.41) is 25.5. The van der Waals surface area contributed by atoms with Gasteiger partial charge in [0.15, 0.2) is 0 Å². The van der Waals surface area contributed by atoms with Crippen LogP contribution in [0, 0.1) is 0 Å². The summed E-state index contributed by atoms with van der Waals surface area (Å²) in [5.74, 6) is 2.67. The van der Waals surface area contributed by atoms with E-state index in [1.807, 2.05) is 41.7 Å². The lowest BCUT2D eigenvalue weighted by Crippen LogP contribution is -2.00. The molecule has 0 fully saturated rings. The lowest BCUT2D eigenvalue weighted by Gasteiger charge is -2.16. The highest BCUT2D eigenvalue weighted by molar-refractivity contribution is 7.27. The molecule has 0 saturated heterocycles. The van der Waals surface area contributed by atoms with Crippen molar-refractivity contribution >= 4 is 206 Å². The fraction of sp³-hybridized carbons (Fsp3) is 0. The van der Waals surface area contributed by atoms with Gasteiger partial charge in [-0.15, -0.1) is 11.3 Å². The van der Waals surface area contributed by atoms with Gasteiger partial charge in [-0.2, -0.15) is 0 Å². The van der Waals surface area contributed by atoms with Crippen molar-refractivity contribution in [3.05, 3.63) is 461 Å². The van der Waals surface area contributed by atoms with Crippen molar-refractivity contribution < 1.29 is 0 Å². The molecule has 0 radical (unpaired) electrons. The first-order chi connectivity index (χ1) is 72.0. The average molecular weight is 1860 g/mol. The first-order valence-electron chi connectivity index (χ1n) is 49.5. The highest BCUT2D eigenvalue weighted by Gasteiger charge is 2.35. The van der Waals surface area contributed by atoms with Gasteiger partial charge in [0.1, 0.15) is 17.5 Å². The van der Waals surface area contributed by atoms with E-state index < -0.39 is 0 Å². The number of nitrogens with zero attached hydrogens (tertiary/aromatic N) is 10. The van der Waals surface area contributed by atoms with E-state index in [-0.39, 0.29) is 0 Å². The monoisotopic (exact) mass is 1860 g/mol. The molecule has 3 aliphatic rings. The van der Waals surface area contributed by atoms with E-state index in [9.17, 15) is 0 Å². The number of rotatable bonds is 7. The molecular weight excluding hydrogens is 1780 g/mol. The Labute approximate surface area is 832 Å². The van der Waals surface area contributed by atoms with Crippen molar-refractivity contribution in [3.63, 3.8) is 0 Å². The minimum absolute atomic E-state index is 0.866. The number of pyridine rings is 6. The molecule has 0 unspecified atom stereocenters. The van der Waals surface area contributed by atoms with E-state index in [1.165, 1.54) is 217 Å². The predicted octanol–water partition coefficient (Wildman–Crippen LogP) is 35.4. The molecule has 145 heavy (non-hydrogen) atoms. The van der Waals surface area contributed by atoms with Crippen LogP contribution in [0.5, 0.6) is 0 Å². The van der Waals surface area contributed by atoms with Crippen LogP contribution in [0.25, 0.3) is 318 Å². The van der Waals surface area contributed by atoms with Crippen LogP contribution in [0.3, 0.4) is 0 Å². The predicted molar refractivity (Wildman–Crippen MR) is 606 cm³/mol. The fourth-order valence-corrected chi connectivity index (χ4v) is 26.1. The number of hydrogen-bond donors (Lipinski definition) is 0. The van der Waals surface area contributed by atoms with Gasteiger partial charge in [0.25, 0.3) is 0 Å². The van der Waals surface area contributed by atoms with Gasteiger partial charge in [-0.3, -0.25) is 13.7 Å². The van der Waals surface area contributed by atoms with Crippen LogP contribution in [0.2, 0.25) is 0 Å². The number of fused-ring (bicyclic) bond motifs is 25. The van der Waals surface area contributed by atoms with Crippen molar-refractivity contribution in [2.45, 2.75) is 0 Å². The van der Waals surface area contributed by atoms with E-state index in [0.717, 1.165) is 101 Å². The van der Waals surface area contributed by atoms with Crippen LogP contribution in [-0.4, -0.2) is 48.2 Å². The van der Waals surface area contributed by atoms with Crippen LogP contribution >= 0.6 is 11.3 Å². The Hall–Kier alpha value is -19.2. The van der Waals surface area contributed by atoms with Gasteiger partial charge < -0.3 is 4.57 Å². The highest BCUT2D eigenvalue weighted by atomic mass is 32.1. The largest absolute Gasteiger partial charge is 0.309 e. The first kappa shape index (κ1) is 79.7. The zero-order valence-corrected chi connectivity index (χ0v) is 78.6. The Bertz CT molecular complexity index is 11100. The Morgan fingerprint density at radius 3 is 1.10 bits per heavy atom. The molecule has 11 heterocycles. The molecule has 0 amide bonds. The summed E-state index contributed by atoms with van der Waals surface area (Å²) in [6.07, 6.45) is 0. The summed E-state index contributed by atoms with van der Waals surface area (Å²) >= 11 is 1.89. The minimum atomic E-state index is 0.866. The normalized spacial score (nSPS) is 12.3. The molecule has 0 saturated carbocycles. The number of thiophene rings is 1. The van der Waals surface area contributed by atoms with Crippen LogP contribution in [0.1, 0.15) is 0 Å². The summed E-state index contributed by atoms with van der Waals surface area (Å²) in [6.45, 7) is 0. The van der Waals surface area contributed by atoms with Gasteiger partial charge in [0.05, 0.1) is 99.0 Å². The first-order valence-corrected chi connectivity index (χ1v) is 50.3. The van der Waals surface area contributed by atoms with Crippen molar-refractivity contribution in [2.75, 3.05) is 0 Å². The Kier molecular flexibility index (Phi) is 16.8. The molecule has 0 N–H and O–H groups in total. The number of para-hydroxylation sites is 2. The molecule has 0 atom stereocenters. The molecule has 34 rings (SSSR count). The third kappa shape index (κ3) is 11.5. The molecule has 3 aliphatic carbocycles. The highest BCUT2D eigenvalue weighted by Crippen LogP contribution is 2.59. The van der Waals surface area contributed by atoms with E-state index in [2.05, 4.69) is 449 Å². The van der Waals surface area contributed by atoms with Gasteiger partial charge >= 0.3 is 0 Å². The Morgan fingerprint density at radius 2 is 0.552 bits per heavy atom. The summed E-state index contributed by atoms with van der Waals surface area (Å²) in [6, 6.07) is 166. The molecule has 0 aliphatic heterocycles. The standard InChI is InChI=1S/C48H28N4.C46H25N3S.C40H23N3/c1-3-12-29(13-4-1)36-23-24-38-37(49-36)25-27-43(50-38)52-40-26-22-30-14-11-20-33-32-17-7-8-18-34(32)46-45-35-19-9-10-21-39(35)51(31-15-5-2-6-16-31)41(45)28-42(52)48(46)47(40)44(30)33;1-2-11-26(12-3-1)35-21-22-37-36(47-35)23-24-39(48-37)49-44-28-14-5-4-13-27(28)25-34-30-16-7-6-15-29(30)31-18-10-19-33-40(31)43(42(34)44)45(49)46-41(33)32-17-8-9-20-38(32)50-46;1-2-9-24(10-3-1)32-18-19-34-33(41-32)20-22-36(42-34)43-35-21-17-25-12-8-16-30-28-14-6-7-15-29(28)31-23-26-11-4-5-13-27(26)40(43)38(31)39(35)37(25)30/h1-28H;1-25H;1-23H. The van der Waals surface area contributed by atoms with E-state index in [4.69, 9.17) is 29.9 Å². The lowest BCUT2D eigenvalue weighted by atomic mass is 9.91. The summed E-state index contributed by atoms with van der Waals surface area (Å²) < 4.78 is 12.3. The zero-order valence-electron chi connectivity index (χ0n) is 77.8. The van der Waals surface area contributed by atoms with Gasteiger partial charge in [-0.1, -0.05) is 334 Å². The second-order valence-electron chi connectivity index (χ2n) is 38.4. The molecule has 20 aromatic carbocycles. The minimum Gasteiger partial charge on any atom is -0.309 e. The van der Waals surface area contributed by atoms with Crippen LogP contribution in [0.4, 0.5) is 0 Å². The zero-order chi connectivity index (χ0) is 94.5. The van der Waals surface area contributed by atoms with E-state index >= 15 is 0 Å². The summed E-state index contributed by atoms with van der Waals surface area (Å²) in [4.78, 5) is 31.1. The molecule has 668 valence electrons. The van der Waals surface area contributed by atoms with Crippen molar-refractivity contribution in [3.8, 4) is 124 Å². The smallest absolute Gasteiger partial charge is 0.138 e. The SMILES string of the molecule is c1ccc(-c2ccc3nc(-n4c5c6ccccc6cc6c5c5c7c(cccc7c7c8ccccc8sc7c54)-c4ccccc4-6)ccc3n2)cc1.c1ccc(-c2ccc3nc(-n4c5cc6c(c7c5c5c8c(cccc8ccc54)-c4ccccc4-7)c4ccccc4n6-c4ccccc4)ccc3n2)cc1.c1ccc(-c2ccc3nc(-n4c5ccc6cccc7c6c5c5c(cc6ccccc6c54)-c4ccccc4-7)ccc3n2)cc1. The molecule has 11 aromatic heterocycles. The maximum Gasteiger partial charge on any atom is 0.138 e. The topological polar surface area (TPSA) is 97.1 Å². The van der Waals surface area contributed by atoms with Crippen LogP contribution < -0.4 is 0 Å². The van der Waals surface area contributed by atoms with Gasteiger partial charge in [0.2, 0.25) is 0 Å². The average Bonchev–Trinajstić information content (AvgIpc) is 1.52. The third-order valence-electron chi connectivity index (χ3n) is 30.8. The fourth-order valence-electron chi connectivity index (χ4n) is 24.8. The number of benzene rings is 20. The third-order valence-corrected chi connectivity index (χ3v) is 32.0. The van der Waals surface area contributed by atoms with E-state index in [1.54, 1.807) is 0 Å². The van der Waals surface area contributed by atoms with Gasteiger partial charge in [0, 0.05) is 103 Å². The van der Waals surface area contributed by atoms with Crippen molar-refractivity contribution in [1.82, 2.24) is 48.2 Å². The van der Waals surface area contributed by atoms with Crippen molar-refractivity contribution in [1.29, 1.82) is 0 Å². The second kappa shape index (κ2) is 30.7. The number of aromatic nitrogens is 10. The van der Waals surface area contributed by atoms with E-state index in [0.29, 0.717) is 0 Å². The molecule has 0 bridgehead atoms. The van der Waals surface area contributed by atoms with Gasteiger partial charge in [-0.25, -0.2) is 29.9 Å². The lowest BCUT2D eigenvalue weighted by molar-refractivity contribution is 1.10. The second-order valence-corrected chi connectivity index (χ2v) is 39.5. The molecule has 11 heteroatoms. The number of hydrogen-bond acceptors (Lipinski definition) is 7. The van der Waals surface area contributed by atoms with Crippen LogP contribution in [0.15, 0.2) is 461 Å². The Morgan fingerprint density at radius 1 is 0.172 bits per heavy atom. The molecular formula is C134H76N10S. The van der Waals surface area contributed by atoms with Crippen molar-refractivity contribution in [2.24, 2.45) is 0 Å². The summed E-state index contributed by atoms with van der Waals surface area (Å²) in [5.41, 5.74) is 37.2. The maximum atomic E-state index is 5.42. The molecule has 10 nitrogen and oxygen atoms in total. The van der Waals surface area contributed by atoms with Crippen LogP contribution in [-0.2, 0) is 0 Å².